The molecule has 0 bridgehead atoms. The highest BCUT2D eigenvalue weighted by Crippen LogP contribution is 2.12. The van der Waals surface area contributed by atoms with Crippen LogP contribution in [-0.4, -0.2) is 18.1 Å². The molecule has 3 nitrogen and oxygen atoms in total. The van der Waals surface area contributed by atoms with Gasteiger partial charge in [0.05, 0.1) is 0 Å². The Balaban J connectivity index is 2.42. The molecule has 84 valence electrons. The van der Waals surface area contributed by atoms with Crippen LogP contribution in [-0.2, 0) is 16.1 Å². The molecule has 4 heteroatoms. The van der Waals surface area contributed by atoms with E-state index in [0.717, 1.165) is 11.4 Å². The van der Waals surface area contributed by atoms with Gasteiger partial charge in [0.2, 0.25) is 0 Å². The van der Waals surface area contributed by atoms with Crippen LogP contribution in [0.2, 0.25) is 0 Å². The maximum absolute atomic E-state index is 11.7. The van der Waals surface area contributed by atoms with Gasteiger partial charge in [-0.1, -0.05) is 13.0 Å². The van der Waals surface area contributed by atoms with Gasteiger partial charge in [0.1, 0.15) is 12.1 Å². The zero-order valence-corrected chi connectivity index (χ0v) is 10.2. The number of rotatable bonds is 5. The Morgan fingerprint density at radius 2 is 2.33 bits per heavy atom. The van der Waals surface area contributed by atoms with E-state index in [4.69, 9.17) is 4.74 Å². The average molecular weight is 227 g/mol. The van der Waals surface area contributed by atoms with Crippen molar-refractivity contribution < 1.29 is 9.53 Å². The van der Waals surface area contributed by atoms with Gasteiger partial charge in [-0.3, -0.25) is 4.79 Å². The SMILES string of the molecule is CCNC(C)(C)C(=O)OCc1cccs1. The molecule has 0 aromatic carbocycles. The molecule has 0 saturated heterocycles. The maximum Gasteiger partial charge on any atom is 0.326 e. The van der Waals surface area contributed by atoms with Gasteiger partial charge in [0.15, 0.2) is 0 Å². The predicted molar refractivity (Wildman–Crippen MR) is 61.9 cm³/mol. The van der Waals surface area contributed by atoms with Crippen molar-refractivity contribution in [1.82, 2.24) is 5.32 Å². The molecule has 0 amide bonds. The first kappa shape index (κ1) is 12.2. The van der Waals surface area contributed by atoms with Gasteiger partial charge in [-0.2, -0.15) is 0 Å². The van der Waals surface area contributed by atoms with E-state index in [9.17, 15) is 4.79 Å². The van der Waals surface area contributed by atoms with E-state index in [2.05, 4.69) is 5.32 Å². The number of nitrogens with one attached hydrogen (secondary N) is 1. The highest BCUT2D eigenvalue weighted by Gasteiger charge is 2.27. The van der Waals surface area contributed by atoms with E-state index >= 15 is 0 Å². The third-order valence-electron chi connectivity index (χ3n) is 2.05. The summed E-state index contributed by atoms with van der Waals surface area (Å²) in [6.45, 7) is 6.74. The largest absolute Gasteiger partial charge is 0.459 e. The summed E-state index contributed by atoms with van der Waals surface area (Å²) in [4.78, 5) is 12.7. The summed E-state index contributed by atoms with van der Waals surface area (Å²) in [6, 6.07) is 3.90. The lowest BCUT2D eigenvalue weighted by molar-refractivity contribution is -0.151. The Morgan fingerprint density at radius 1 is 1.60 bits per heavy atom. The fourth-order valence-electron chi connectivity index (χ4n) is 1.23. The van der Waals surface area contributed by atoms with E-state index in [1.54, 1.807) is 11.3 Å². The fourth-order valence-corrected chi connectivity index (χ4v) is 1.84. The fraction of sp³-hybridized carbons (Fsp3) is 0.545. The van der Waals surface area contributed by atoms with Gasteiger partial charge in [-0.05, 0) is 31.8 Å². The summed E-state index contributed by atoms with van der Waals surface area (Å²) in [7, 11) is 0. The molecule has 1 aromatic heterocycles. The number of carbonyl (C=O) groups is 1. The molecule has 0 unspecified atom stereocenters. The monoisotopic (exact) mass is 227 g/mol. The number of thiophene rings is 1. The van der Waals surface area contributed by atoms with E-state index in [1.807, 2.05) is 38.3 Å². The summed E-state index contributed by atoms with van der Waals surface area (Å²) in [6.07, 6.45) is 0. The van der Waals surface area contributed by atoms with Crippen molar-refractivity contribution in [1.29, 1.82) is 0 Å². The van der Waals surface area contributed by atoms with Crippen molar-refractivity contribution in [3.63, 3.8) is 0 Å². The lowest BCUT2D eigenvalue weighted by Crippen LogP contribution is -2.47. The van der Waals surface area contributed by atoms with Crippen LogP contribution in [0.3, 0.4) is 0 Å². The second-order valence-electron chi connectivity index (χ2n) is 3.81. The topological polar surface area (TPSA) is 38.3 Å². The number of carbonyl (C=O) groups excluding carboxylic acids is 1. The van der Waals surface area contributed by atoms with E-state index in [0.29, 0.717) is 6.61 Å². The van der Waals surface area contributed by atoms with Crippen molar-refractivity contribution in [3.8, 4) is 0 Å². The maximum atomic E-state index is 11.7. The smallest absolute Gasteiger partial charge is 0.326 e. The molecule has 1 aromatic rings. The van der Waals surface area contributed by atoms with Gasteiger partial charge in [-0.15, -0.1) is 11.3 Å². The van der Waals surface area contributed by atoms with Crippen LogP contribution in [0.4, 0.5) is 0 Å². The third-order valence-corrected chi connectivity index (χ3v) is 2.90. The lowest BCUT2D eigenvalue weighted by atomic mass is 10.1. The number of hydrogen-bond donors (Lipinski definition) is 1. The number of esters is 1. The minimum atomic E-state index is -0.605. The zero-order valence-electron chi connectivity index (χ0n) is 9.37. The van der Waals surface area contributed by atoms with Gasteiger partial charge < -0.3 is 10.1 Å². The summed E-state index contributed by atoms with van der Waals surface area (Å²) in [5.74, 6) is -0.210. The van der Waals surface area contributed by atoms with Crippen LogP contribution in [0.15, 0.2) is 17.5 Å². The lowest BCUT2D eigenvalue weighted by Gasteiger charge is -2.23. The first-order valence-corrected chi connectivity index (χ1v) is 5.89. The molecule has 0 radical (unpaired) electrons. The van der Waals surface area contributed by atoms with Crippen LogP contribution in [0.5, 0.6) is 0 Å². The molecule has 1 heterocycles. The zero-order chi connectivity index (χ0) is 11.3. The summed E-state index contributed by atoms with van der Waals surface area (Å²) in [5.41, 5.74) is -0.605. The Bertz CT molecular complexity index is 306. The second kappa shape index (κ2) is 5.28. The van der Waals surface area contributed by atoms with Crippen molar-refractivity contribution in [2.75, 3.05) is 6.54 Å². The minimum Gasteiger partial charge on any atom is -0.459 e. The number of hydrogen-bond acceptors (Lipinski definition) is 4. The van der Waals surface area contributed by atoms with Gasteiger partial charge in [0.25, 0.3) is 0 Å². The molecule has 0 aliphatic carbocycles. The Labute approximate surface area is 94.5 Å². The molecular formula is C11H17NO2S. The standard InChI is InChI=1S/C11H17NO2S/c1-4-12-11(2,3)10(13)14-8-9-6-5-7-15-9/h5-7,12H,4,8H2,1-3H3. The third kappa shape index (κ3) is 3.64. The molecular weight excluding hydrogens is 210 g/mol. The molecule has 0 aliphatic heterocycles. The van der Waals surface area contributed by atoms with Crippen molar-refractivity contribution >= 4 is 17.3 Å². The van der Waals surface area contributed by atoms with Crippen molar-refractivity contribution in [2.24, 2.45) is 0 Å². The van der Waals surface area contributed by atoms with Crippen molar-refractivity contribution in [2.45, 2.75) is 32.9 Å². The summed E-state index contributed by atoms with van der Waals surface area (Å²) >= 11 is 1.59. The first-order chi connectivity index (χ1) is 7.06. The molecule has 0 aliphatic rings. The van der Waals surface area contributed by atoms with E-state index in [1.165, 1.54) is 0 Å². The Hall–Kier alpha value is -0.870. The Kier molecular flexibility index (Phi) is 4.29. The second-order valence-corrected chi connectivity index (χ2v) is 4.84. The van der Waals surface area contributed by atoms with Gasteiger partial charge in [-0.25, -0.2) is 0 Å². The van der Waals surface area contributed by atoms with E-state index < -0.39 is 5.54 Å². The quantitative estimate of drug-likeness (QED) is 0.784. The van der Waals surface area contributed by atoms with Crippen LogP contribution < -0.4 is 5.32 Å². The number of ether oxygens (including phenoxy) is 1. The van der Waals surface area contributed by atoms with E-state index in [-0.39, 0.29) is 5.97 Å². The predicted octanol–water partition coefficient (Wildman–Crippen LogP) is 2.18. The van der Waals surface area contributed by atoms with Crippen LogP contribution in [0, 0.1) is 0 Å². The van der Waals surface area contributed by atoms with Gasteiger partial charge >= 0.3 is 5.97 Å². The molecule has 1 N–H and O–H groups in total. The minimum absolute atomic E-state index is 0.210. The highest BCUT2D eigenvalue weighted by atomic mass is 32.1. The Morgan fingerprint density at radius 3 is 2.87 bits per heavy atom. The highest BCUT2D eigenvalue weighted by molar-refractivity contribution is 7.09. The number of likely N-dealkylation sites (N-methyl/N-ethyl adjacent to an activating group) is 1. The molecule has 0 spiro atoms. The molecule has 0 saturated carbocycles. The normalized spacial score (nSPS) is 11.4. The van der Waals surface area contributed by atoms with Crippen molar-refractivity contribution in [3.05, 3.63) is 22.4 Å². The molecule has 1 rings (SSSR count). The average Bonchev–Trinajstić information content (AvgIpc) is 2.66. The summed E-state index contributed by atoms with van der Waals surface area (Å²) < 4.78 is 5.21. The van der Waals surface area contributed by atoms with Crippen LogP contribution in [0.25, 0.3) is 0 Å². The molecule has 15 heavy (non-hydrogen) atoms. The van der Waals surface area contributed by atoms with Crippen LogP contribution in [0.1, 0.15) is 25.6 Å². The first-order valence-electron chi connectivity index (χ1n) is 5.01. The van der Waals surface area contributed by atoms with Crippen LogP contribution >= 0.6 is 11.3 Å². The van der Waals surface area contributed by atoms with Gasteiger partial charge in [0, 0.05) is 4.88 Å². The molecule has 0 atom stereocenters. The molecule has 0 fully saturated rings. The summed E-state index contributed by atoms with van der Waals surface area (Å²) in [5, 5.41) is 5.05.